The van der Waals surface area contributed by atoms with Crippen molar-refractivity contribution in [1.82, 2.24) is 14.8 Å². The lowest BCUT2D eigenvalue weighted by molar-refractivity contribution is -0.121. The first-order valence-corrected chi connectivity index (χ1v) is 10.7. The van der Waals surface area contributed by atoms with Crippen LogP contribution in [0.1, 0.15) is 39.3 Å². The van der Waals surface area contributed by atoms with E-state index in [1.807, 2.05) is 26.2 Å². The molecule has 0 aliphatic carbocycles. The van der Waals surface area contributed by atoms with Crippen molar-refractivity contribution >= 4 is 28.5 Å². The lowest BCUT2D eigenvalue weighted by atomic mass is 9.97. The summed E-state index contributed by atoms with van der Waals surface area (Å²) < 4.78 is 10.8. The van der Waals surface area contributed by atoms with Crippen LogP contribution in [-0.4, -0.2) is 71.8 Å². The normalized spacial score (nSPS) is 21.4. The summed E-state index contributed by atoms with van der Waals surface area (Å²) in [7, 11) is 0. The Morgan fingerprint density at radius 2 is 2.07 bits per heavy atom. The zero-order chi connectivity index (χ0) is 20.1. The van der Waals surface area contributed by atoms with E-state index >= 15 is 0 Å². The van der Waals surface area contributed by atoms with E-state index in [2.05, 4.69) is 15.2 Å². The van der Waals surface area contributed by atoms with E-state index in [-0.39, 0.29) is 17.9 Å². The number of rotatable bonds is 4. The molecule has 0 spiro atoms. The van der Waals surface area contributed by atoms with E-state index in [9.17, 15) is 9.59 Å². The number of carbonyl (C=O) groups is 2. The van der Waals surface area contributed by atoms with Crippen LogP contribution >= 0.6 is 11.3 Å². The highest BCUT2D eigenvalue weighted by Crippen LogP contribution is 2.23. The van der Waals surface area contributed by atoms with Crippen LogP contribution in [-0.2, 0) is 20.8 Å². The summed E-state index contributed by atoms with van der Waals surface area (Å²) in [6, 6.07) is 0. The van der Waals surface area contributed by atoms with Crippen molar-refractivity contribution in [3.05, 3.63) is 11.1 Å². The molecule has 1 aromatic heterocycles. The predicted octanol–water partition coefficient (Wildman–Crippen LogP) is 2.56. The SMILES string of the molecule is CC(C)(C)OC(=O)N1CCCC(C(=O)Nc2nc(CN3CCOCC3)cs2)C1. The van der Waals surface area contributed by atoms with Crippen LogP contribution in [0.4, 0.5) is 9.93 Å². The van der Waals surface area contributed by atoms with E-state index in [0.717, 1.165) is 51.4 Å². The molecule has 0 bridgehead atoms. The largest absolute Gasteiger partial charge is 0.444 e. The zero-order valence-electron chi connectivity index (χ0n) is 16.9. The van der Waals surface area contributed by atoms with Crippen LogP contribution in [0.25, 0.3) is 0 Å². The number of hydrogen-bond acceptors (Lipinski definition) is 7. The Morgan fingerprint density at radius 3 is 2.79 bits per heavy atom. The van der Waals surface area contributed by atoms with E-state index < -0.39 is 5.60 Å². The van der Waals surface area contributed by atoms with E-state index in [1.54, 1.807) is 4.90 Å². The summed E-state index contributed by atoms with van der Waals surface area (Å²) in [5.74, 6) is -0.326. The topological polar surface area (TPSA) is 84.0 Å². The minimum atomic E-state index is -0.538. The van der Waals surface area contributed by atoms with Gasteiger partial charge in [-0.25, -0.2) is 9.78 Å². The number of likely N-dealkylation sites (tertiary alicyclic amines) is 1. The molecule has 2 aliphatic rings. The van der Waals surface area contributed by atoms with Gasteiger partial charge in [-0.2, -0.15) is 0 Å². The molecule has 1 N–H and O–H groups in total. The fourth-order valence-corrected chi connectivity index (χ4v) is 4.02. The maximum atomic E-state index is 12.7. The summed E-state index contributed by atoms with van der Waals surface area (Å²) >= 11 is 1.44. The van der Waals surface area contributed by atoms with Gasteiger partial charge in [-0.15, -0.1) is 11.3 Å². The quantitative estimate of drug-likeness (QED) is 0.821. The molecule has 3 heterocycles. The fourth-order valence-electron chi connectivity index (χ4n) is 3.32. The van der Waals surface area contributed by atoms with Gasteiger partial charge >= 0.3 is 6.09 Å². The minimum Gasteiger partial charge on any atom is -0.444 e. The van der Waals surface area contributed by atoms with Crippen LogP contribution in [0, 0.1) is 5.92 Å². The van der Waals surface area contributed by atoms with Crippen LogP contribution in [0.2, 0.25) is 0 Å². The molecule has 1 aromatic rings. The van der Waals surface area contributed by atoms with Gasteiger partial charge in [-0.05, 0) is 33.6 Å². The molecule has 1 atom stereocenters. The molecular weight excluding hydrogens is 380 g/mol. The number of amides is 2. The monoisotopic (exact) mass is 410 g/mol. The second-order valence-electron chi connectivity index (χ2n) is 8.29. The van der Waals surface area contributed by atoms with Gasteiger partial charge in [0, 0.05) is 38.1 Å². The molecular formula is C19H30N4O4S. The van der Waals surface area contributed by atoms with Crippen molar-refractivity contribution in [3.8, 4) is 0 Å². The smallest absolute Gasteiger partial charge is 0.410 e. The van der Waals surface area contributed by atoms with E-state index in [0.29, 0.717) is 18.2 Å². The highest BCUT2D eigenvalue weighted by molar-refractivity contribution is 7.13. The zero-order valence-corrected chi connectivity index (χ0v) is 17.7. The lowest BCUT2D eigenvalue weighted by Gasteiger charge is -2.33. The summed E-state index contributed by atoms with van der Waals surface area (Å²) in [5, 5.41) is 5.52. The van der Waals surface area contributed by atoms with Crippen LogP contribution in [0.3, 0.4) is 0 Å². The number of nitrogens with zero attached hydrogens (tertiary/aromatic N) is 3. The Balaban J connectivity index is 1.50. The summed E-state index contributed by atoms with van der Waals surface area (Å²) in [6.45, 7) is 10.6. The molecule has 2 aliphatic heterocycles. The van der Waals surface area contributed by atoms with Gasteiger partial charge < -0.3 is 19.7 Å². The maximum absolute atomic E-state index is 12.7. The lowest BCUT2D eigenvalue weighted by Crippen LogP contribution is -2.45. The number of aromatic nitrogens is 1. The van der Waals surface area contributed by atoms with Crippen molar-refractivity contribution in [2.45, 2.75) is 45.8 Å². The first kappa shape index (κ1) is 21.0. The van der Waals surface area contributed by atoms with E-state index in [1.165, 1.54) is 11.3 Å². The van der Waals surface area contributed by atoms with Crippen molar-refractivity contribution in [2.75, 3.05) is 44.7 Å². The van der Waals surface area contributed by atoms with Gasteiger partial charge in [0.25, 0.3) is 0 Å². The molecule has 3 rings (SSSR count). The molecule has 9 heteroatoms. The van der Waals surface area contributed by atoms with Crippen molar-refractivity contribution in [2.24, 2.45) is 5.92 Å². The number of nitrogens with one attached hydrogen (secondary N) is 1. The molecule has 0 radical (unpaired) electrons. The fraction of sp³-hybridized carbons (Fsp3) is 0.737. The van der Waals surface area contributed by atoms with Crippen molar-refractivity contribution in [3.63, 3.8) is 0 Å². The Bertz CT molecular complexity index is 682. The number of ether oxygens (including phenoxy) is 2. The Labute approximate surface area is 170 Å². The van der Waals surface area contributed by atoms with Gasteiger partial charge in [0.2, 0.25) is 5.91 Å². The minimum absolute atomic E-state index is 0.0828. The molecule has 2 amide bonds. The van der Waals surface area contributed by atoms with Gasteiger partial charge in [0.15, 0.2) is 5.13 Å². The number of hydrogen-bond donors (Lipinski definition) is 1. The first-order chi connectivity index (χ1) is 13.3. The molecule has 2 saturated heterocycles. The van der Waals surface area contributed by atoms with Gasteiger partial charge in [0.05, 0.1) is 24.8 Å². The average molecular weight is 411 g/mol. The number of piperidine rings is 1. The first-order valence-electron chi connectivity index (χ1n) is 9.83. The predicted molar refractivity (Wildman–Crippen MR) is 107 cm³/mol. The number of thiazole rings is 1. The highest BCUT2D eigenvalue weighted by Gasteiger charge is 2.31. The Morgan fingerprint density at radius 1 is 1.32 bits per heavy atom. The van der Waals surface area contributed by atoms with Gasteiger partial charge in [-0.1, -0.05) is 0 Å². The van der Waals surface area contributed by atoms with Crippen molar-refractivity contribution in [1.29, 1.82) is 0 Å². The van der Waals surface area contributed by atoms with Crippen LogP contribution in [0.15, 0.2) is 5.38 Å². The standard InChI is InChI=1S/C19H30N4O4S/c1-19(2,3)27-18(25)23-6-4-5-14(11-23)16(24)21-17-20-15(13-28-17)12-22-7-9-26-10-8-22/h13-14H,4-12H2,1-3H3,(H,20,21,24). The molecule has 0 aromatic carbocycles. The Kier molecular flexibility index (Phi) is 6.90. The number of carbonyl (C=O) groups excluding carboxylic acids is 2. The molecule has 8 nitrogen and oxygen atoms in total. The third-order valence-electron chi connectivity index (χ3n) is 4.72. The van der Waals surface area contributed by atoms with Gasteiger partial charge in [-0.3, -0.25) is 9.69 Å². The molecule has 156 valence electrons. The summed E-state index contributed by atoms with van der Waals surface area (Å²) in [6.07, 6.45) is 1.20. The third kappa shape index (κ3) is 6.15. The number of morpholine rings is 1. The number of anilines is 1. The summed E-state index contributed by atoms with van der Waals surface area (Å²) in [4.78, 5) is 33.4. The van der Waals surface area contributed by atoms with Crippen LogP contribution in [0.5, 0.6) is 0 Å². The molecule has 1 unspecified atom stereocenters. The second-order valence-corrected chi connectivity index (χ2v) is 9.15. The van der Waals surface area contributed by atoms with Crippen LogP contribution < -0.4 is 5.32 Å². The summed E-state index contributed by atoms with van der Waals surface area (Å²) in [5.41, 5.74) is 0.422. The van der Waals surface area contributed by atoms with Crippen molar-refractivity contribution < 1.29 is 19.1 Å². The Hall–Kier alpha value is -1.71. The molecule has 2 fully saturated rings. The maximum Gasteiger partial charge on any atom is 0.410 e. The van der Waals surface area contributed by atoms with Gasteiger partial charge in [0.1, 0.15) is 5.60 Å². The molecule has 28 heavy (non-hydrogen) atoms. The highest BCUT2D eigenvalue weighted by atomic mass is 32.1. The third-order valence-corrected chi connectivity index (χ3v) is 5.52. The van der Waals surface area contributed by atoms with E-state index in [4.69, 9.17) is 9.47 Å². The molecule has 0 saturated carbocycles. The average Bonchev–Trinajstić information content (AvgIpc) is 3.08. The second kappa shape index (κ2) is 9.19.